The summed E-state index contributed by atoms with van der Waals surface area (Å²) in [5.74, 6) is 0.180. The van der Waals surface area contributed by atoms with E-state index in [1.54, 1.807) is 6.92 Å². The highest BCUT2D eigenvalue weighted by atomic mass is 79.9. The van der Waals surface area contributed by atoms with Crippen molar-refractivity contribution < 1.29 is 9.90 Å². The lowest BCUT2D eigenvalue weighted by Gasteiger charge is -2.35. The van der Waals surface area contributed by atoms with Gasteiger partial charge in [-0.3, -0.25) is 9.69 Å². The van der Waals surface area contributed by atoms with E-state index in [0.29, 0.717) is 13.0 Å². The number of carbonyl (C=O) groups is 1. The van der Waals surface area contributed by atoms with Gasteiger partial charge in [-0.05, 0) is 24.6 Å². The molecule has 0 radical (unpaired) electrons. The van der Waals surface area contributed by atoms with Gasteiger partial charge in [-0.15, -0.1) is 0 Å². The molecule has 0 bridgehead atoms. The highest BCUT2D eigenvalue weighted by Gasteiger charge is 2.21. The van der Waals surface area contributed by atoms with Crippen LogP contribution in [0.25, 0.3) is 0 Å². The summed E-state index contributed by atoms with van der Waals surface area (Å²) in [7, 11) is 0. The summed E-state index contributed by atoms with van der Waals surface area (Å²) in [5.41, 5.74) is 1.04. The van der Waals surface area contributed by atoms with Gasteiger partial charge in [-0.1, -0.05) is 28.1 Å². The number of piperazine rings is 1. The molecule has 0 saturated carbocycles. The molecule has 110 valence electrons. The van der Waals surface area contributed by atoms with E-state index >= 15 is 0 Å². The highest BCUT2D eigenvalue weighted by Crippen LogP contribution is 2.13. The average Bonchev–Trinajstić information content (AvgIpc) is 2.38. The Morgan fingerprint density at radius 3 is 2.65 bits per heavy atom. The molecule has 1 aromatic rings. The Morgan fingerprint density at radius 2 is 2.05 bits per heavy atom. The molecule has 1 amide bonds. The Morgan fingerprint density at radius 1 is 1.35 bits per heavy atom. The minimum atomic E-state index is -0.307. The van der Waals surface area contributed by atoms with Crippen molar-refractivity contribution in [3.8, 4) is 0 Å². The first-order chi connectivity index (χ1) is 9.54. The lowest BCUT2D eigenvalue weighted by Crippen LogP contribution is -2.50. The molecule has 1 aliphatic rings. The number of benzene rings is 1. The first kappa shape index (κ1) is 15.5. The van der Waals surface area contributed by atoms with Crippen LogP contribution in [0.1, 0.15) is 12.5 Å². The fourth-order valence-electron chi connectivity index (χ4n) is 2.49. The van der Waals surface area contributed by atoms with Crippen LogP contribution < -0.4 is 0 Å². The van der Waals surface area contributed by atoms with Gasteiger partial charge in [-0.25, -0.2) is 0 Å². The Kier molecular flexibility index (Phi) is 5.57. The maximum Gasteiger partial charge on any atom is 0.227 e. The molecule has 5 heteroatoms. The Bertz CT molecular complexity index is 457. The summed E-state index contributed by atoms with van der Waals surface area (Å²) < 4.78 is 1.00. The summed E-state index contributed by atoms with van der Waals surface area (Å²) >= 11 is 3.42. The van der Waals surface area contributed by atoms with E-state index in [1.165, 1.54) is 0 Å². The zero-order valence-corrected chi connectivity index (χ0v) is 13.3. The predicted molar refractivity (Wildman–Crippen MR) is 82.5 cm³/mol. The van der Waals surface area contributed by atoms with Crippen LogP contribution in [-0.4, -0.2) is 59.6 Å². The standard InChI is InChI=1S/C15H21BrN2O2/c1-12(19)11-17-5-7-18(8-6-17)15(20)10-13-3-2-4-14(16)9-13/h2-4,9,12,19H,5-8,10-11H2,1H3. The number of hydrogen-bond donors (Lipinski definition) is 1. The third-order valence-electron chi connectivity index (χ3n) is 3.49. The molecule has 1 atom stereocenters. The maximum atomic E-state index is 12.3. The van der Waals surface area contributed by atoms with Gasteiger partial charge in [0.2, 0.25) is 5.91 Å². The van der Waals surface area contributed by atoms with Crippen molar-refractivity contribution in [3.05, 3.63) is 34.3 Å². The van der Waals surface area contributed by atoms with Crippen molar-refractivity contribution in [1.29, 1.82) is 0 Å². The molecule has 1 N–H and O–H groups in total. The van der Waals surface area contributed by atoms with Gasteiger partial charge in [0.1, 0.15) is 0 Å². The van der Waals surface area contributed by atoms with E-state index in [4.69, 9.17) is 0 Å². The van der Waals surface area contributed by atoms with Crippen LogP contribution in [0.5, 0.6) is 0 Å². The van der Waals surface area contributed by atoms with E-state index in [-0.39, 0.29) is 12.0 Å². The number of rotatable bonds is 4. The molecular formula is C15H21BrN2O2. The normalized spacial score (nSPS) is 18.1. The molecule has 0 aliphatic carbocycles. The van der Waals surface area contributed by atoms with Crippen LogP contribution in [0.4, 0.5) is 0 Å². The minimum absolute atomic E-state index is 0.180. The van der Waals surface area contributed by atoms with Gasteiger partial charge in [-0.2, -0.15) is 0 Å². The first-order valence-corrected chi connectivity index (χ1v) is 7.76. The highest BCUT2D eigenvalue weighted by molar-refractivity contribution is 9.10. The first-order valence-electron chi connectivity index (χ1n) is 6.97. The smallest absolute Gasteiger partial charge is 0.227 e. The van der Waals surface area contributed by atoms with E-state index in [1.807, 2.05) is 29.2 Å². The minimum Gasteiger partial charge on any atom is -0.392 e. The molecule has 0 aromatic heterocycles. The molecule has 2 rings (SSSR count). The second kappa shape index (κ2) is 7.20. The Hall–Kier alpha value is -0.910. The van der Waals surface area contributed by atoms with Crippen molar-refractivity contribution in [3.63, 3.8) is 0 Å². The van der Waals surface area contributed by atoms with Gasteiger partial charge in [0.05, 0.1) is 12.5 Å². The number of carbonyl (C=O) groups excluding carboxylic acids is 1. The number of aliphatic hydroxyl groups excluding tert-OH is 1. The summed E-state index contributed by atoms with van der Waals surface area (Å²) in [6, 6.07) is 7.88. The zero-order valence-electron chi connectivity index (χ0n) is 11.8. The number of amides is 1. The number of β-amino-alcohol motifs (C(OH)–C–C–N with tert-alkyl or cyclic N) is 1. The number of halogens is 1. The quantitative estimate of drug-likeness (QED) is 0.903. The van der Waals surface area contributed by atoms with Crippen LogP contribution in [-0.2, 0) is 11.2 Å². The molecule has 1 unspecified atom stereocenters. The molecule has 1 heterocycles. The van der Waals surface area contributed by atoms with Crippen molar-refractivity contribution in [2.75, 3.05) is 32.7 Å². The van der Waals surface area contributed by atoms with Crippen LogP contribution in [0.15, 0.2) is 28.7 Å². The molecular weight excluding hydrogens is 320 g/mol. The largest absolute Gasteiger partial charge is 0.392 e. The van der Waals surface area contributed by atoms with Crippen molar-refractivity contribution >= 4 is 21.8 Å². The third-order valence-corrected chi connectivity index (χ3v) is 3.99. The van der Waals surface area contributed by atoms with Crippen molar-refractivity contribution in [2.45, 2.75) is 19.4 Å². The molecule has 20 heavy (non-hydrogen) atoms. The molecule has 1 aliphatic heterocycles. The topological polar surface area (TPSA) is 43.8 Å². The van der Waals surface area contributed by atoms with Crippen LogP contribution >= 0.6 is 15.9 Å². The van der Waals surface area contributed by atoms with Crippen LogP contribution in [0, 0.1) is 0 Å². The molecule has 4 nitrogen and oxygen atoms in total. The molecule has 0 spiro atoms. The fourth-order valence-corrected chi connectivity index (χ4v) is 2.93. The van der Waals surface area contributed by atoms with Crippen molar-refractivity contribution in [1.82, 2.24) is 9.80 Å². The monoisotopic (exact) mass is 340 g/mol. The number of aliphatic hydroxyl groups is 1. The number of nitrogens with zero attached hydrogens (tertiary/aromatic N) is 2. The van der Waals surface area contributed by atoms with Gasteiger partial charge < -0.3 is 10.0 Å². The van der Waals surface area contributed by atoms with Crippen LogP contribution in [0.2, 0.25) is 0 Å². The van der Waals surface area contributed by atoms with Gasteiger partial charge in [0, 0.05) is 37.2 Å². The lowest BCUT2D eigenvalue weighted by atomic mass is 10.1. The molecule has 1 saturated heterocycles. The van der Waals surface area contributed by atoms with E-state index in [2.05, 4.69) is 20.8 Å². The van der Waals surface area contributed by atoms with Gasteiger partial charge in [0.15, 0.2) is 0 Å². The zero-order chi connectivity index (χ0) is 14.5. The lowest BCUT2D eigenvalue weighted by molar-refractivity contribution is -0.132. The van der Waals surface area contributed by atoms with E-state index in [9.17, 15) is 9.90 Å². The van der Waals surface area contributed by atoms with E-state index < -0.39 is 0 Å². The molecule has 1 aromatic carbocycles. The van der Waals surface area contributed by atoms with E-state index in [0.717, 1.165) is 36.2 Å². The summed E-state index contributed by atoms with van der Waals surface area (Å²) in [5, 5.41) is 9.37. The van der Waals surface area contributed by atoms with Gasteiger partial charge >= 0.3 is 0 Å². The average molecular weight is 341 g/mol. The SMILES string of the molecule is CC(O)CN1CCN(C(=O)Cc2cccc(Br)c2)CC1. The second-order valence-corrected chi connectivity index (χ2v) is 6.25. The Balaban J connectivity index is 1.83. The van der Waals surface area contributed by atoms with Crippen LogP contribution in [0.3, 0.4) is 0 Å². The van der Waals surface area contributed by atoms with Crippen molar-refractivity contribution in [2.24, 2.45) is 0 Å². The molecule has 1 fully saturated rings. The summed E-state index contributed by atoms with van der Waals surface area (Å²) in [6.45, 7) is 5.67. The Labute approximate surface area is 128 Å². The number of hydrogen-bond acceptors (Lipinski definition) is 3. The third kappa shape index (κ3) is 4.58. The second-order valence-electron chi connectivity index (χ2n) is 5.34. The maximum absolute atomic E-state index is 12.3. The summed E-state index contributed by atoms with van der Waals surface area (Å²) in [4.78, 5) is 16.4. The summed E-state index contributed by atoms with van der Waals surface area (Å²) in [6.07, 6.45) is 0.148. The predicted octanol–water partition coefficient (Wildman–Crippen LogP) is 1.52. The fraction of sp³-hybridized carbons (Fsp3) is 0.533. The van der Waals surface area contributed by atoms with Gasteiger partial charge in [0.25, 0.3) is 0 Å².